The largest absolute Gasteiger partial charge is 0.375 e. The Bertz CT molecular complexity index is 443. The van der Waals surface area contributed by atoms with Crippen molar-refractivity contribution in [2.24, 2.45) is 0 Å². The average Bonchev–Trinajstić information content (AvgIpc) is 2.93. The van der Waals surface area contributed by atoms with E-state index < -0.39 is 13.0 Å². The Balaban J connectivity index is 1.72. The van der Waals surface area contributed by atoms with Gasteiger partial charge in [-0.2, -0.15) is 5.10 Å². The van der Waals surface area contributed by atoms with E-state index >= 15 is 0 Å². The van der Waals surface area contributed by atoms with Crippen LogP contribution in [0.1, 0.15) is 50.3 Å². The molecule has 0 aliphatic heterocycles. The lowest BCUT2D eigenvalue weighted by Gasteiger charge is -2.21. The molecule has 21 heavy (non-hydrogen) atoms. The Labute approximate surface area is 123 Å². The minimum atomic E-state index is -2.48. The summed E-state index contributed by atoms with van der Waals surface area (Å²) < 4.78 is 30.4. The van der Waals surface area contributed by atoms with Crippen LogP contribution in [0.25, 0.3) is 0 Å². The first-order chi connectivity index (χ1) is 10.1. The summed E-state index contributed by atoms with van der Waals surface area (Å²) in [7, 11) is 0. The summed E-state index contributed by atoms with van der Waals surface area (Å²) in [6, 6.07) is 2.32. The molecule has 1 saturated carbocycles. The minimum Gasteiger partial charge on any atom is -0.375 e. The number of carbonyl (C=O) groups excluding carboxylic acids is 1. The van der Waals surface area contributed by atoms with Gasteiger partial charge in [0.25, 0.3) is 6.43 Å². The first-order valence-corrected chi connectivity index (χ1v) is 7.57. The maximum Gasteiger partial charge on any atom is 0.261 e. The highest BCUT2D eigenvalue weighted by Crippen LogP contribution is 2.27. The van der Waals surface area contributed by atoms with E-state index in [-0.39, 0.29) is 25.2 Å². The fourth-order valence-corrected chi connectivity index (χ4v) is 2.67. The normalized spacial score (nSPS) is 16.5. The van der Waals surface area contributed by atoms with Crippen LogP contribution in [0.2, 0.25) is 0 Å². The van der Waals surface area contributed by atoms with Crippen molar-refractivity contribution in [1.82, 2.24) is 9.78 Å². The Morgan fingerprint density at radius 1 is 1.38 bits per heavy atom. The molecule has 4 nitrogen and oxygen atoms in total. The molecule has 1 aliphatic rings. The molecule has 1 heterocycles. The first kappa shape index (κ1) is 16.1. The van der Waals surface area contributed by atoms with Crippen LogP contribution < -0.4 is 0 Å². The topological polar surface area (TPSA) is 44.1 Å². The third kappa shape index (κ3) is 5.53. The van der Waals surface area contributed by atoms with Gasteiger partial charge in [0, 0.05) is 12.6 Å². The van der Waals surface area contributed by atoms with E-state index in [0.29, 0.717) is 6.04 Å². The molecule has 1 aromatic rings. The number of aromatic nitrogens is 2. The van der Waals surface area contributed by atoms with Crippen LogP contribution in [-0.4, -0.2) is 35.2 Å². The van der Waals surface area contributed by atoms with Crippen molar-refractivity contribution in [1.29, 1.82) is 0 Å². The number of hydrogen-bond acceptors (Lipinski definition) is 3. The van der Waals surface area contributed by atoms with E-state index in [4.69, 9.17) is 4.74 Å². The molecular formula is C15H22F2N2O2. The van der Waals surface area contributed by atoms with Gasteiger partial charge in [-0.05, 0) is 18.9 Å². The highest BCUT2D eigenvalue weighted by molar-refractivity contribution is 5.80. The average molecular weight is 300 g/mol. The zero-order chi connectivity index (χ0) is 15.1. The SMILES string of the molecule is O=C(CCOCC(F)F)Cc1ccn(C2CCCCC2)n1. The van der Waals surface area contributed by atoms with Crippen LogP contribution >= 0.6 is 0 Å². The smallest absolute Gasteiger partial charge is 0.261 e. The van der Waals surface area contributed by atoms with Gasteiger partial charge in [0.05, 0.1) is 24.8 Å². The van der Waals surface area contributed by atoms with Crippen LogP contribution in [0.3, 0.4) is 0 Å². The number of alkyl halides is 2. The monoisotopic (exact) mass is 300 g/mol. The summed E-state index contributed by atoms with van der Waals surface area (Å²) in [6.45, 7) is -0.559. The molecular weight excluding hydrogens is 278 g/mol. The number of halogens is 2. The van der Waals surface area contributed by atoms with E-state index in [1.54, 1.807) is 0 Å². The van der Waals surface area contributed by atoms with Crippen LogP contribution in [0, 0.1) is 0 Å². The molecule has 0 amide bonds. The van der Waals surface area contributed by atoms with Gasteiger partial charge in [-0.3, -0.25) is 9.48 Å². The highest BCUT2D eigenvalue weighted by Gasteiger charge is 2.16. The lowest BCUT2D eigenvalue weighted by Crippen LogP contribution is -2.14. The van der Waals surface area contributed by atoms with Crippen molar-refractivity contribution in [2.45, 2.75) is 57.4 Å². The van der Waals surface area contributed by atoms with Crippen LogP contribution in [-0.2, 0) is 16.0 Å². The summed E-state index contributed by atoms with van der Waals surface area (Å²) in [5, 5.41) is 4.47. The van der Waals surface area contributed by atoms with Crippen molar-refractivity contribution < 1.29 is 18.3 Å². The minimum absolute atomic E-state index is 0.0295. The highest BCUT2D eigenvalue weighted by atomic mass is 19.3. The van der Waals surface area contributed by atoms with Gasteiger partial charge >= 0.3 is 0 Å². The molecule has 0 atom stereocenters. The van der Waals surface area contributed by atoms with E-state index in [9.17, 15) is 13.6 Å². The van der Waals surface area contributed by atoms with Gasteiger partial charge in [0.1, 0.15) is 12.4 Å². The van der Waals surface area contributed by atoms with E-state index in [2.05, 4.69) is 5.10 Å². The lowest BCUT2D eigenvalue weighted by molar-refractivity contribution is -0.120. The second kappa shape index (κ2) is 8.22. The number of ketones is 1. The molecule has 0 aromatic carbocycles. The molecule has 0 spiro atoms. The summed E-state index contributed by atoms with van der Waals surface area (Å²) in [6.07, 6.45) is 5.92. The predicted molar refractivity (Wildman–Crippen MR) is 74.5 cm³/mol. The lowest BCUT2D eigenvalue weighted by atomic mass is 9.96. The van der Waals surface area contributed by atoms with Crippen molar-refractivity contribution >= 4 is 5.78 Å². The number of carbonyl (C=O) groups is 1. The van der Waals surface area contributed by atoms with Crippen molar-refractivity contribution in [3.8, 4) is 0 Å². The van der Waals surface area contributed by atoms with E-state index in [1.807, 2.05) is 16.9 Å². The number of rotatable bonds is 8. The molecule has 0 saturated heterocycles. The van der Waals surface area contributed by atoms with E-state index in [0.717, 1.165) is 18.5 Å². The molecule has 118 valence electrons. The molecule has 0 N–H and O–H groups in total. The van der Waals surface area contributed by atoms with Gasteiger partial charge in [0.15, 0.2) is 0 Å². The van der Waals surface area contributed by atoms with Crippen molar-refractivity contribution in [2.75, 3.05) is 13.2 Å². The quantitative estimate of drug-likeness (QED) is 0.693. The van der Waals surface area contributed by atoms with Crippen LogP contribution in [0.15, 0.2) is 12.3 Å². The predicted octanol–water partition coefficient (Wildman–Crippen LogP) is 3.17. The molecule has 1 fully saturated rings. The van der Waals surface area contributed by atoms with Gasteiger partial charge in [-0.1, -0.05) is 19.3 Å². The second-order valence-electron chi connectivity index (χ2n) is 5.51. The molecule has 0 bridgehead atoms. The molecule has 1 aromatic heterocycles. The number of ether oxygens (including phenoxy) is 1. The Kier molecular flexibility index (Phi) is 6.29. The standard InChI is InChI=1S/C15H22F2N2O2/c16-15(17)11-21-9-7-14(20)10-12-6-8-19(18-12)13-4-2-1-3-5-13/h6,8,13,15H,1-5,7,9-11H2. The molecule has 6 heteroatoms. The molecule has 0 radical (unpaired) electrons. The van der Waals surface area contributed by atoms with Gasteiger partial charge in [-0.15, -0.1) is 0 Å². The fraction of sp³-hybridized carbons (Fsp3) is 0.733. The van der Waals surface area contributed by atoms with Gasteiger partial charge in [0.2, 0.25) is 0 Å². The zero-order valence-electron chi connectivity index (χ0n) is 12.1. The van der Waals surface area contributed by atoms with Crippen LogP contribution in [0.4, 0.5) is 8.78 Å². The third-order valence-corrected chi connectivity index (χ3v) is 3.76. The van der Waals surface area contributed by atoms with Crippen molar-refractivity contribution in [3.63, 3.8) is 0 Å². The van der Waals surface area contributed by atoms with Crippen molar-refractivity contribution in [3.05, 3.63) is 18.0 Å². The second-order valence-corrected chi connectivity index (χ2v) is 5.51. The van der Waals surface area contributed by atoms with Crippen LogP contribution in [0.5, 0.6) is 0 Å². The zero-order valence-corrected chi connectivity index (χ0v) is 12.1. The Morgan fingerprint density at radius 2 is 2.14 bits per heavy atom. The summed E-state index contributed by atoms with van der Waals surface area (Å²) in [5.41, 5.74) is 0.749. The Hall–Kier alpha value is -1.30. The number of nitrogens with zero attached hydrogens (tertiary/aromatic N) is 2. The fourth-order valence-electron chi connectivity index (χ4n) is 2.67. The Morgan fingerprint density at radius 3 is 2.86 bits per heavy atom. The number of Topliss-reactive ketones (excluding diaryl/α,β-unsaturated/α-hetero) is 1. The van der Waals surface area contributed by atoms with Gasteiger partial charge < -0.3 is 4.74 Å². The maximum absolute atomic E-state index is 11.9. The first-order valence-electron chi connectivity index (χ1n) is 7.57. The molecule has 2 rings (SSSR count). The summed E-state index contributed by atoms with van der Waals surface area (Å²) >= 11 is 0. The third-order valence-electron chi connectivity index (χ3n) is 3.76. The molecule has 0 unspecified atom stereocenters. The van der Waals surface area contributed by atoms with E-state index in [1.165, 1.54) is 19.3 Å². The summed E-state index contributed by atoms with van der Waals surface area (Å²) in [5.74, 6) is -0.0295. The number of hydrogen-bond donors (Lipinski definition) is 0. The summed E-state index contributed by atoms with van der Waals surface area (Å²) in [4.78, 5) is 11.7. The molecule has 1 aliphatic carbocycles. The van der Waals surface area contributed by atoms with Gasteiger partial charge in [-0.25, -0.2) is 8.78 Å². The maximum atomic E-state index is 11.9.